The van der Waals surface area contributed by atoms with Crippen LogP contribution >= 0.6 is 0 Å². The van der Waals surface area contributed by atoms with Crippen LogP contribution in [0.25, 0.3) is 0 Å². The van der Waals surface area contributed by atoms with Crippen molar-refractivity contribution in [2.75, 3.05) is 27.2 Å². The fourth-order valence-electron chi connectivity index (χ4n) is 0.819. The summed E-state index contributed by atoms with van der Waals surface area (Å²) in [5, 5.41) is 2.89. The Hall–Kier alpha value is -0.542. The third-order valence-electron chi connectivity index (χ3n) is 1.99. The topological polar surface area (TPSA) is 70.7 Å². The molecule has 0 saturated heterocycles. The normalized spacial score (nSPS) is 12.0. The van der Waals surface area contributed by atoms with E-state index in [2.05, 4.69) is 31.2 Å². The molecule has 0 aliphatic carbocycles. The molecular weight excluding hydrogens is 400 g/mol. The van der Waals surface area contributed by atoms with E-state index in [9.17, 15) is 4.79 Å². The molecular formula is C12H26N4OW. The molecule has 6 heteroatoms. The maximum atomic E-state index is 10.6. The Labute approximate surface area is 126 Å². The Morgan fingerprint density at radius 3 is 2.28 bits per heavy atom. The van der Waals surface area contributed by atoms with E-state index < -0.39 is 0 Å². The van der Waals surface area contributed by atoms with Crippen molar-refractivity contribution in [3.63, 3.8) is 0 Å². The SMILES string of the molecule is [CH2-]C(=O)CC(C)CNC(N)=NC.[CH2-]N(C)CC.[W+2]. The second-order valence-electron chi connectivity index (χ2n) is 4.01. The number of ketones is 1. The molecule has 106 valence electrons. The van der Waals surface area contributed by atoms with Crippen molar-refractivity contribution < 1.29 is 25.9 Å². The maximum Gasteiger partial charge on any atom is 2.00 e. The maximum absolute atomic E-state index is 10.6. The molecule has 1 atom stereocenters. The molecule has 18 heavy (non-hydrogen) atoms. The molecule has 0 heterocycles. The van der Waals surface area contributed by atoms with Crippen molar-refractivity contribution in [2.45, 2.75) is 20.3 Å². The first-order chi connectivity index (χ1) is 7.83. The summed E-state index contributed by atoms with van der Waals surface area (Å²) in [5.41, 5.74) is 5.39. The van der Waals surface area contributed by atoms with Crippen molar-refractivity contribution in [1.29, 1.82) is 0 Å². The summed E-state index contributed by atoms with van der Waals surface area (Å²) >= 11 is 0. The first-order valence-electron chi connectivity index (χ1n) is 5.65. The van der Waals surface area contributed by atoms with Crippen molar-refractivity contribution in [3.8, 4) is 0 Å². The Bertz CT molecular complexity index is 232. The zero-order valence-electron chi connectivity index (χ0n) is 11.9. The predicted molar refractivity (Wildman–Crippen MR) is 73.4 cm³/mol. The summed E-state index contributed by atoms with van der Waals surface area (Å²) < 4.78 is 0. The monoisotopic (exact) mass is 426 g/mol. The largest absolute Gasteiger partial charge is 2.00 e. The Morgan fingerprint density at radius 1 is 1.56 bits per heavy atom. The van der Waals surface area contributed by atoms with Crippen molar-refractivity contribution in [3.05, 3.63) is 14.0 Å². The average molecular weight is 426 g/mol. The molecule has 0 saturated carbocycles. The molecule has 0 bridgehead atoms. The number of nitrogens with two attached hydrogens (primary N) is 1. The molecule has 0 amide bonds. The van der Waals surface area contributed by atoms with E-state index in [1.54, 1.807) is 7.05 Å². The van der Waals surface area contributed by atoms with Crippen LogP contribution in [0.3, 0.4) is 0 Å². The number of carbonyl (C=O) groups excluding carboxylic acids is 1. The van der Waals surface area contributed by atoms with Crippen LogP contribution in [0.1, 0.15) is 20.3 Å². The van der Waals surface area contributed by atoms with Crippen LogP contribution in [0.4, 0.5) is 0 Å². The molecule has 0 radical (unpaired) electrons. The number of hydrogen-bond donors (Lipinski definition) is 2. The van der Waals surface area contributed by atoms with E-state index in [4.69, 9.17) is 5.73 Å². The minimum Gasteiger partial charge on any atom is -0.462 e. The van der Waals surface area contributed by atoms with Gasteiger partial charge in [-0.25, -0.2) is 0 Å². The summed E-state index contributed by atoms with van der Waals surface area (Å²) in [6, 6.07) is 0. The number of hydrogen-bond acceptors (Lipinski definition) is 3. The van der Waals surface area contributed by atoms with Gasteiger partial charge in [-0.15, -0.1) is 0 Å². The van der Waals surface area contributed by atoms with Crippen LogP contribution in [0.2, 0.25) is 0 Å². The van der Waals surface area contributed by atoms with Gasteiger partial charge >= 0.3 is 21.1 Å². The van der Waals surface area contributed by atoms with Crippen LogP contribution < -0.4 is 11.1 Å². The molecule has 1 unspecified atom stereocenters. The minimum atomic E-state index is -0.0451. The first-order valence-corrected chi connectivity index (χ1v) is 5.65. The number of guanidine groups is 1. The summed E-state index contributed by atoms with van der Waals surface area (Å²) in [7, 11) is 7.15. The van der Waals surface area contributed by atoms with Gasteiger partial charge in [-0.3, -0.25) is 12.0 Å². The summed E-state index contributed by atoms with van der Waals surface area (Å²) in [6.45, 7) is 9.00. The Morgan fingerprint density at radius 2 is 2.00 bits per heavy atom. The van der Waals surface area contributed by atoms with Crippen molar-refractivity contribution >= 4 is 11.7 Å². The fourth-order valence-corrected chi connectivity index (χ4v) is 0.819. The average Bonchev–Trinajstić information content (AvgIpc) is 2.25. The molecule has 0 aromatic carbocycles. The van der Waals surface area contributed by atoms with E-state index in [1.165, 1.54) is 0 Å². The number of Topliss-reactive ketones (excluding diaryl/α,β-unsaturated/α-hetero) is 1. The van der Waals surface area contributed by atoms with Gasteiger partial charge in [0, 0.05) is 13.6 Å². The predicted octanol–water partition coefficient (Wildman–Crippen LogP) is 0.677. The summed E-state index contributed by atoms with van der Waals surface area (Å²) in [4.78, 5) is 16.2. The number of aliphatic imine (C=N–C) groups is 1. The molecule has 0 aromatic heterocycles. The van der Waals surface area contributed by atoms with E-state index in [0.29, 0.717) is 18.9 Å². The smallest absolute Gasteiger partial charge is 0.462 e. The van der Waals surface area contributed by atoms with Crippen LogP contribution in [0.15, 0.2) is 4.99 Å². The van der Waals surface area contributed by atoms with Crippen LogP contribution in [0.5, 0.6) is 0 Å². The zero-order chi connectivity index (χ0) is 13.8. The molecule has 0 aliphatic rings. The number of nitrogens with one attached hydrogen (secondary N) is 1. The summed E-state index contributed by atoms with van der Waals surface area (Å²) in [5.74, 6) is 0.602. The van der Waals surface area contributed by atoms with Gasteiger partial charge in [-0.2, -0.15) is 0 Å². The van der Waals surface area contributed by atoms with Gasteiger partial charge in [-0.05, 0) is 31.7 Å². The molecule has 5 nitrogen and oxygen atoms in total. The molecule has 3 N–H and O–H groups in total. The van der Waals surface area contributed by atoms with Gasteiger partial charge in [-0.1, -0.05) is 13.8 Å². The van der Waals surface area contributed by atoms with Crippen LogP contribution in [-0.4, -0.2) is 43.8 Å². The van der Waals surface area contributed by atoms with E-state index in [1.807, 2.05) is 18.9 Å². The quantitative estimate of drug-likeness (QED) is 0.386. The minimum absolute atomic E-state index is 0. The Kier molecular flexibility index (Phi) is 18.2. The van der Waals surface area contributed by atoms with Gasteiger partial charge < -0.3 is 27.7 Å². The number of carbonyl (C=O) groups is 1. The second-order valence-corrected chi connectivity index (χ2v) is 4.01. The third-order valence-corrected chi connectivity index (χ3v) is 1.99. The first kappa shape index (κ1) is 22.6. The van der Waals surface area contributed by atoms with Crippen molar-refractivity contribution in [1.82, 2.24) is 10.2 Å². The standard InChI is InChI=1S/C8H16N3O.C4H10N.W/c1-6(4-7(2)12)5-11-8(9)10-3;1-4-5(2)3;/h6H,2,4-5H2,1,3H3,(H3,9,10,11);2,4H2,1,3H3;/q2*-1;+2. The van der Waals surface area contributed by atoms with Gasteiger partial charge in [0.05, 0.1) is 0 Å². The third kappa shape index (κ3) is 20.8. The van der Waals surface area contributed by atoms with Gasteiger partial charge in [0.2, 0.25) is 0 Å². The van der Waals surface area contributed by atoms with E-state index in [0.717, 1.165) is 6.54 Å². The molecule has 0 rings (SSSR count). The second kappa shape index (κ2) is 14.5. The molecule has 0 spiro atoms. The van der Waals surface area contributed by atoms with Crippen LogP contribution in [-0.2, 0) is 25.9 Å². The summed E-state index contributed by atoms with van der Waals surface area (Å²) in [6.07, 6.45) is 0.476. The van der Waals surface area contributed by atoms with E-state index >= 15 is 0 Å². The van der Waals surface area contributed by atoms with Crippen LogP contribution in [0, 0.1) is 19.9 Å². The molecule has 0 aromatic rings. The fraction of sp³-hybridized carbons (Fsp3) is 0.667. The van der Waals surface area contributed by atoms with Gasteiger partial charge in [0.25, 0.3) is 0 Å². The Balaban J connectivity index is -0.000000321. The van der Waals surface area contributed by atoms with Gasteiger partial charge in [0.15, 0.2) is 5.96 Å². The number of rotatable bonds is 5. The molecule has 0 aliphatic heterocycles. The van der Waals surface area contributed by atoms with Crippen molar-refractivity contribution in [2.24, 2.45) is 16.6 Å². The van der Waals surface area contributed by atoms with E-state index in [-0.39, 0.29) is 32.8 Å². The zero-order valence-corrected chi connectivity index (χ0v) is 14.8. The number of nitrogens with zero attached hydrogens (tertiary/aromatic N) is 2. The molecule has 0 fully saturated rings. The van der Waals surface area contributed by atoms with Gasteiger partial charge in [0.1, 0.15) is 0 Å².